The van der Waals surface area contributed by atoms with Gasteiger partial charge in [0.15, 0.2) is 0 Å². The summed E-state index contributed by atoms with van der Waals surface area (Å²) in [6.45, 7) is 3.98. The zero-order chi connectivity index (χ0) is 18.9. The van der Waals surface area contributed by atoms with Crippen molar-refractivity contribution in [2.75, 3.05) is 19.0 Å². The van der Waals surface area contributed by atoms with Crippen molar-refractivity contribution in [2.45, 2.75) is 31.2 Å². The molecule has 0 radical (unpaired) electrons. The minimum atomic E-state index is -3.64. The third-order valence-electron chi connectivity index (χ3n) is 3.59. The van der Waals surface area contributed by atoms with E-state index in [1.807, 2.05) is 19.9 Å². The number of methoxy groups -OCH3 is 1. The van der Waals surface area contributed by atoms with Crippen LogP contribution in [0.1, 0.15) is 18.9 Å². The molecule has 5 nitrogen and oxygen atoms in total. The van der Waals surface area contributed by atoms with Crippen molar-refractivity contribution in [3.05, 3.63) is 54.1 Å². The fourth-order valence-corrected chi connectivity index (χ4v) is 4.01. The third-order valence-corrected chi connectivity index (χ3v) is 5.96. The number of halogens is 1. The minimum absolute atomic E-state index is 0.258. The largest absolute Gasteiger partial charge is 0.466 e. The van der Waals surface area contributed by atoms with Gasteiger partial charge in [0, 0.05) is 24.0 Å². The van der Waals surface area contributed by atoms with Crippen molar-refractivity contribution in [1.82, 2.24) is 4.31 Å². The number of hydrogen-bond acceptors (Lipinski definition) is 4. The Morgan fingerprint density at radius 2 is 1.88 bits per heavy atom. The van der Waals surface area contributed by atoms with E-state index in [1.165, 1.54) is 17.5 Å². The molecule has 1 atom stereocenters. The number of carbonyl (C=O) groups is 1. The molecule has 0 unspecified atom stereocenters. The number of esters is 1. The lowest BCUT2D eigenvalue weighted by atomic mass is 10.2. The highest BCUT2D eigenvalue weighted by molar-refractivity contribution is 9.09. The van der Waals surface area contributed by atoms with E-state index in [9.17, 15) is 13.2 Å². The Kier molecular flexibility index (Phi) is 9.10. The molecule has 0 heterocycles. The third kappa shape index (κ3) is 6.76. The van der Waals surface area contributed by atoms with Crippen LogP contribution in [0.15, 0.2) is 53.5 Å². The predicted octanol–water partition coefficient (Wildman–Crippen LogP) is 3.44. The highest BCUT2D eigenvalue weighted by Crippen LogP contribution is 2.20. The number of benzene rings is 1. The number of allylic oxidation sites excluding steroid dienone is 1. The molecule has 1 aromatic rings. The zero-order valence-corrected chi connectivity index (χ0v) is 17.1. The van der Waals surface area contributed by atoms with Crippen LogP contribution in [-0.2, 0) is 19.6 Å². The molecule has 0 aliphatic rings. The minimum Gasteiger partial charge on any atom is -0.466 e. The molecule has 1 aromatic carbocycles. The average molecular weight is 430 g/mol. The van der Waals surface area contributed by atoms with Gasteiger partial charge >= 0.3 is 5.97 Å². The fourth-order valence-electron chi connectivity index (χ4n) is 2.15. The van der Waals surface area contributed by atoms with Gasteiger partial charge in [0.05, 0.1) is 12.0 Å². The van der Waals surface area contributed by atoms with Crippen molar-refractivity contribution < 1.29 is 17.9 Å². The van der Waals surface area contributed by atoms with Crippen LogP contribution in [0.3, 0.4) is 0 Å². The average Bonchev–Trinajstić information content (AvgIpc) is 2.58. The van der Waals surface area contributed by atoms with Gasteiger partial charge in [-0.1, -0.05) is 51.9 Å². The van der Waals surface area contributed by atoms with E-state index in [0.717, 1.165) is 5.56 Å². The molecule has 0 N–H and O–H groups in total. The summed E-state index contributed by atoms with van der Waals surface area (Å²) in [5.41, 5.74) is 0.999. The summed E-state index contributed by atoms with van der Waals surface area (Å²) in [6.07, 6.45) is 7.00. The molecule has 0 aliphatic heterocycles. The quantitative estimate of drug-likeness (QED) is 0.261. The standard InChI is InChI=1S/C18H24BrNO4S/c1-15-9-11-17(12-10-15)25(22,23)20(14-5-4-13-19)16(2)7-6-8-18(21)24-3/h4-6,8-12,16H,7,13-14H2,1-3H3/b5-4+,8-6+/t16-/m0/s1. The van der Waals surface area contributed by atoms with Gasteiger partial charge in [0.1, 0.15) is 0 Å². The lowest BCUT2D eigenvalue weighted by Gasteiger charge is -2.26. The summed E-state index contributed by atoms with van der Waals surface area (Å²) in [5.74, 6) is -0.459. The number of rotatable bonds is 9. The van der Waals surface area contributed by atoms with E-state index in [2.05, 4.69) is 20.7 Å². The number of ether oxygens (including phenoxy) is 1. The summed E-state index contributed by atoms with van der Waals surface area (Å²) in [6, 6.07) is 6.47. The predicted molar refractivity (Wildman–Crippen MR) is 103 cm³/mol. The van der Waals surface area contributed by atoms with E-state index in [4.69, 9.17) is 0 Å². The van der Waals surface area contributed by atoms with Crippen LogP contribution in [0.2, 0.25) is 0 Å². The van der Waals surface area contributed by atoms with Gasteiger partial charge in [-0.05, 0) is 32.4 Å². The van der Waals surface area contributed by atoms with Crippen LogP contribution in [0.5, 0.6) is 0 Å². The molecule has 7 heteroatoms. The highest BCUT2D eigenvalue weighted by Gasteiger charge is 2.27. The van der Waals surface area contributed by atoms with E-state index < -0.39 is 16.0 Å². The molecule has 1 rings (SSSR count). The first kappa shape index (κ1) is 21.6. The summed E-state index contributed by atoms with van der Waals surface area (Å²) >= 11 is 3.29. The van der Waals surface area contributed by atoms with Crippen LogP contribution >= 0.6 is 15.9 Å². The lowest BCUT2D eigenvalue weighted by Crippen LogP contribution is -2.38. The summed E-state index contributed by atoms with van der Waals surface area (Å²) in [7, 11) is -2.34. The lowest BCUT2D eigenvalue weighted by molar-refractivity contribution is -0.134. The molecule has 0 amide bonds. The van der Waals surface area contributed by atoms with Crippen molar-refractivity contribution >= 4 is 31.9 Å². The Morgan fingerprint density at radius 1 is 1.24 bits per heavy atom. The SMILES string of the molecule is COC(=O)/C=C/C[C@H](C)N(C/C=C/CBr)S(=O)(=O)c1ccc(C)cc1. The Morgan fingerprint density at radius 3 is 2.44 bits per heavy atom. The molecule has 0 fully saturated rings. The maximum absolute atomic E-state index is 13.0. The van der Waals surface area contributed by atoms with E-state index in [-0.39, 0.29) is 17.5 Å². The smallest absolute Gasteiger partial charge is 0.330 e. The fraction of sp³-hybridized carbons (Fsp3) is 0.389. The molecular formula is C18H24BrNO4S. The Bertz CT molecular complexity index is 711. The number of nitrogens with zero attached hydrogens (tertiary/aromatic N) is 1. The van der Waals surface area contributed by atoms with Gasteiger partial charge in [-0.3, -0.25) is 0 Å². The molecule has 0 saturated carbocycles. The van der Waals surface area contributed by atoms with Crippen molar-refractivity contribution in [3.63, 3.8) is 0 Å². The monoisotopic (exact) mass is 429 g/mol. The number of hydrogen-bond donors (Lipinski definition) is 0. The van der Waals surface area contributed by atoms with Crippen molar-refractivity contribution in [1.29, 1.82) is 0 Å². The molecule has 25 heavy (non-hydrogen) atoms. The second kappa shape index (κ2) is 10.5. The maximum atomic E-state index is 13.0. The van der Waals surface area contributed by atoms with Gasteiger partial charge in [-0.15, -0.1) is 0 Å². The molecule has 138 valence electrons. The van der Waals surface area contributed by atoms with E-state index in [0.29, 0.717) is 11.8 Å². The maximum Gasteiger partial charge on any atom is 0.330 e. The molecule has 0 saturated heterocycles. The van der Waals surface area contributed by atoms with E-state index >= 15 is 0 Å². The second-order valence-electron chi connectivity index (χ2n) is 5.52. The van der Waals surface area contributed by atoms with Crippen LogP contribution in [0.25, 0.3) is 0 Å². The Balaban J connectivity index is 3.05. The molecule has 0 aliphatic carbocycles. The number of sulfonamides is 1. The van der Waals surface area contributed by atoms with Crippen LogP contribution in [0.4, 0.5) is 0 Å². The van der Waals surface area contributed by atoms with Gasteiger partial charge in [0.2, 0.25) is 10.0 Å². The van der Waals surface area contributed by atoms with Gasteiger partial charge in [-0.2, -0.15) is 4.31 Å². The number of aryl methyl sites for hydroxylation is 1. The van der Waals surface area contributed by atoms with Crippen LogP contribution < -0.4 is 0 Å². The Hall–Kier alpha value is -1.44. The first-order valence-electron chi connectivity index (χ1n) is 7.87. The summed E-state index contributed by atoms with van der Waals surface area (Å²) in [4.78, 5) is 11.4. The van der Waals surface area contributed by atoms with Crippen LogP contribution in [-0.4, -0.2) is 43.7 Å². The number of carbonyl (C=O) groups excluding carboxylic acids is 1. The van der Waals surface area contributed by atoms with Crippen molar-refractivity contribution in [2.24, 2.45) is 0 Å². The summed E-state index contributed by atoms with van der Waals surface area (Å²) in [5, 5.41) is 0.655. The number of alkyl halides is 1. The highest BCUT2D eigenvalue weighted by atomic mass is 79.9. The summed E-state index contributed by atoms with van der Waals surface area (Å²) < 4.78 is 32.0. The van der Waals surface area contributed by atoms with Crippen LogP contribution in [0, 0.1) is 6.92 Å². The molecule has 0 spiro atoms. The Labute approximate surface area is 158 Å². The second-order valence-corrected chi connectivity index (χ2v) is 8.06. The first-order chi connectivity index (χ1) is 11.8. The first-order valence-corrected chi connectivity index (χ1v) is 10.4. The zero-order valence-electron chi connectivity index (χ0n) is 14.7. The molecule has 0 bridgehead atoms. The van der Waals surface area contributed by atoms with Crippen molar-refractivity contribution in [3.8, 4) is 0 Å². The van der Waals surface area contributed by atoms with Gasteiger partial charge < -0.3 is 4.74 Å². The molecular weight excluding hydrogens is 406 g/mol. The van der Waals surface area contributed by atoms with Gasteiger partial charge in [-0.25, -0.2) is 13.2 Å². The normalized spacial score (nSPS) is 13.6. The van der Waals surface area contributed by atoms with E-state index in [1.54, 1.807) is 36.4 Å². The molecule has 0 aromatic heterocycles. The topological polar surface area (TPSA) is 63.7 Å². The van der Waals surface area contributed by atoms with Gasteiger partial charge in [0.25, 0.3) is 0 Å².